The fourth-order valence-corrected chi connectivity index (χ4v) is 3.59. The van der Waals surface area contributed by atoms with Gasteiger partial charge in [-0.25, -0.2) is 21.9 Å². The van der Waals surface area contributed by atoms with E-state index in [2.05, 4.69) is 10.0 Å². The Labute approximate surface area is 168 Å². The van der Waals surface area contributed by atoms with Crippen LogP contribution in [-0.4, -0.2) is 35.1 Å². The minimum atomic E-state index is -3.86. The van der Waals surface area contributed by atoms with Crippen LogP contribution in [0, 0.1) is 11.6 Å². The number of amides is 1. The standard InChI is InChI=1S/C19H22F2N2O5S/c1-12(13-4-6-15(20)16(21)10-13)23-19(24)8-9-22-29(25,26)14-5-7-17(27-2)18(11-14)28-3/h4-7,10-12,22H,8-9H2,1-3H3,(H,23,24). The Morgan fingerprint density at radius 2 is 1.72 bits per heavy atom. The number of halogens is 2. The molecule has 1 amide bonds. The van der Waals surface area contributed by atoms with Gasteiger partial charge in [-0.3, -0.25) is 4.79 Å². The Balaban J connectivity index is 1.92. The predicted molar refractivity (Wildman–Crippen MR) is 102 cm³/mol. The number of ether oxygens (including phenoxy) is 2. The van der Waals surface area contributed by atoms with Crippen LogP contribution in [-0.2, 0) is 14.8 Å². The van der Waals surface area contributed by atoms with E-state index in [0.29, 0.717) is 11.3 Å². The molecule has 0 heterocycles. The van der Waals surface area contributed by atoms with E-state index in [1.54, 1.807) is 6.92 Å². The van der Waals surface area contributed by atoms with Crippen molar-refractivity contribution >= 4 is 15.9 Å². The lowest BCUT2D eigenvalue weighted by molar-refractivity contribution is -0.121. The van der Waals surface area contributed by atoms with Crippen LogP contribution in [0.3, 0.4) is 0 Å². The number of carbonyl (C=O) groups is 1. The molecule has 0 saturated carbocycles. The fraction of sp³-hybridized carbons (Fsp3) is 0.316. The van der Waals surface area contributed by atoms with E-state index in [1.807, 2.05) is 0 Å². The average molecular weight is 428 g/mol. The summed E-state index contributed by atoms with van der Waals surface area (Å²) in [5, 5.41) is 2.60. The van der Waals surface area contributed by atoms with Gasteiger partial charge in [0, 0.05) is 19.0 Å². The molecule has 0 radical (unpaired) electrons. The monoisotopic (exact) mass is 428 g/mol. The molecule has 0 aliphatic heterocycles. The summed E-state index contributed by atoms with van der Waals surface area (Å²) in [7, 11) is -1.04. The Morgan fingerprint density at radius 1 is 1.03 bits per heavy atom. The minimum absolute atomic E-state index is 0.0364. The quantitative estimate of drug-likeness (QED) is 0.640. The summed E-state index contributed by atoms with van der Waals surface area (Å²) in [4.78, 5) is 12.0. The molecule has 0 aliphatic carbocycles. The van der Waals surface area contributed by atoms with Crippen LogP contribution in [0.15, 0.2) is 41.3 Å². The number of benzene rings is 2. The fourth-order valence-electron chi connectivity index (χ4n) is 2.54. The molecule has 2 N–H and O–H groups in total. The zero-order valence-corrected chi connectivity index (χ0v) is 17.0. The third-order valence-electron chi connectivity index (χ3n) is 4.13. The van der Waals surface area contributed by atoms with E-state index in [4.69, 9.17) is 9.47 Å². The van der Waals surface area contributed by atoms with Crippen LogP contribution in [0.4, 0.5) is 8.78 Å². The molecule has 2 aromatic rings. The Morgan fingerprint density at radius 3 is 2.34 bits per heavy atom. The van der Waals surface area contributed by atoms with Gasteiger partial charge in [0.25, 0.3) is 0 Å². The molecule has 2 rings (SSSR count). The van der Waals surface area contributed by atoms with Crippen molar-refractivity contribution in [1.29, 1.82) is 0 Å². The van der Waals surface area contributed by atoms with Gasteiger partial charge in [0.15, 0.2) is 23.1 Å². The van der Waals surface area contributed by atoms with E-state index in [0.717, 1.165) is 12.1 Å². The Hall–Kier alpha value is -2.72. The van der Waals surface area contributed by atoms with Gasteiger partial charge >= 0.3 is 0 Å². The van der Waals surface area contributed by atoms with Crippen molar-refractivity contribution in [2.75, 3.05) is 20.8 Å². The molecule has 0 bridgehead atoms. The highest BCUT2D eigenvalue weighted by molar-refractivity contribution is 7.89. The van der Waals surface area contributed by atoms with Gasteiger partial charge in [0.1, 0.15) is 0 Å². The summed E-state index contributed by atoms with van der Waals surface area (Å²) in [6.07, 6.45) is -0.138. The van der Waals surface area contributed by atoms with Crippen molar-refractivity contribution in [2.45, 2.75) is 24.3 Å². The van der Waals surface area contributed by atoms with E-state index in [9.17, 15) is 22.0 Å². The number of nitrogens with one attached hydrogen (secondary N) is 2. The zero-order chi connectivity index (χ0) is 21.6. The smallest absolute Gasteiger partial charge is 0.240 e. The summed E-state index contributed by atoms with van der Waals surface area (Å²) in [5.41, 5.74) is 0.392. The molecule has 0 fully saturated rings. The lowest BCUT2D eigenvalue weighted by Crippen LogP contribution is -2.32. The normalized spacial score (nSPS) is 12.3. The second-order valence-electron chi connectivity index (χ2n) is 6.13. The molecule has 1 atom stereocenters. The van der Waals surface area contributed by atoms with Crippen LogP contribution in [0.25, 0.3) is 0 Å². The molecular weight excluding hydrogens is 406 g/mol. The number of hydrogen-bond donors (Lipinski definition) is 2. The van der Waals surface area contributed by atoms with E-state index in [-0.39, 0.29) is 23.6 Å². The van der Waals surface area contributed by atoms with Gasteiger partial charge in [0.2, 0.25) is 15.9 Å². The topological polar surface area (TPSA) is 93.7 Å². The van der Waals surface area contributed by atoms with Crippen molar-refractivity contribution < 1.29 is 31.5 Å². The predicted octanol–water partition coefficient (Wildman–Crippen LogP) is 2.53. The number of methoxy groups -OCH3 is 2. The Kier molecular flexibility index (Phi) is 7.52. The van der Waals surface area contributed by atoms with E-state index >= 15 is 0 Å². The van der Waals surface area contributed by atoms with Gasteiger partial charge in [0.05, 0.1) is 25.2 Å². The first-order valence-corrected chi connectivity index (χ1v) is 10.1. The van der Waals surface area contributed by atoms with Gasteiger partial charge < -0.3 is 14.8 Å². The molecule has 158 valence electrons. The van der Waals surface area contributed by atoms with Crippen molar-refractivity contribution in [2.24, 2.45) is 0 Å². The molecule has 29 heavy (non-hydrogen) atoms. The maximum atomic E-state index is 13.3. The number of carbonyl (C=O) groups excluding carboxylic acids is 1. The van der Waals surface area contributed by atoms with Crippen LogP contribution in [0.1, 0.15) is 24.9 Å². The van der Waals surface area contributed by atoms with E-state index in [1.165, 1.54) is 38.5 Å². The van der Waals surface area contributed by atoms with Crippen molar-refractivity contribution in [3.05, 3.63) is 53.6 Å². The third-order valence-corrected chi connectivity index (χ3v) is 5.59. The molecule has 7 nitrogen and oxygen atoms in total. The number of rotatable bonds is 9. The highest BCUT2D eigenvalue weighted by Gasteiger charge is 2.18. The third kappa shape index (κ3) is 5.88. The maximum Gasteiger partial charge on any atom is 0.240 e. The van der Waals surface area contributed by atoms with Gasteiger partial charge in [-0.15, -0.1) is 0 Å². The first-order chi connectivity index (χ1) is 13.7. The van der Waals surface area contributed by atoms with Crippen LogP contribution in [0.5, 0.6) is 11.5 Å². The Bertz CT molecular complexity index is 983. The lowest BCUT2D eigenvalue weighted by Gasteiger charge is -2.15. The van der Waals surface area contributed by atoms with Crippen molar-refractivity contribution in [3.63, 3.8) is 0 Å². The molecule has 0 aliphatic rings. The molecule has 0 spiro atoms. The molecule has 2 aromatic carbocycles. The van der Waals surface area contributed by atoms with Gasteiger partial charge in [-0.2, -0.15) is 0 Å². The minimum Gasteiger partial charge on any atom is -0.493 e. The first kappa shape index (κ1) is 22.6. The molecule has 0 saturated heterocycles. The molecule has 0 aromatic heterocycles. The second kappa shape index (κ2) is 9.66. The SMILES string of the molecule is COc1ccc(S(=O)(=O)NCCC(=O)NC(C)c2ccc(F)c(F)c2)cc1OC. The van der Waals surface area contributed by atoms with Crippen LogP contribution < -0.4 is 19.5 Å². The summed E-state index contributed by atoms with van der Waals surface area (Å²) in [5.74, 6) is -1.79. The largest absolute Gasteiger partial charge is 0.493 e. The highest BCUT2D eigenvalue weighted by Crippen LogP contribution is 2.29. The van der Waals surface area contributed by atoms with Crippen LogP contribution >= 0.6 is 0 Å². The van der Waals surface area contributed by atoms with Gasteiger partial charge in [-0.05, 0) is 36.8 Å². The van der Waals surface area contributed by atoms with Crippen molar-refractivity contribution in [3.8, 4) is 11.5 Å². The van der Waals surface area contributed by atoms with Crippen LogP contribution in [0.2, 0.25) is 0 Å². The number of hydrogen-bond acceptors (Lipinski definition) is 5. The molecule has 10 heteroatoms. The second-order valence-corrected chi connectivity index (χ2v) is 7.89. The van der Waals surface area contributed by atoms with Gasteiger partial charge in [-0.1, -0.05) is 6.07 Å². The van der Waals surface area contributed by atoms with Crippen molar-refractivity contribution in [1.82, 2.24) is 10.0 Å². The molecule has 1 unspecified atom stereocenters. The zero-order valence-electron chi connectivity index (χ0n) is 16.2. The highest BCUT2D eigenvalue weighted by atomic mass is 32.2. The summed E-state index contributed by atoms with van der Waals surface area (Å²) in [6, 6.07) is 6.90. The maximum absolute atomic E-state index is 13.3. The summed E-state index contributed by atoms with van der Waals surface area (Å²) in [6.45, 7) is 1.46. The number of sulfonamides is 1. The summed E-state index contributed by atoms with van der Waals surface area (Å²) >= 11 is 0. The van der Waals surface area contributed by atoms with E-state index < -0.39 is 33.6 Å². The average Bonchev–Trinajstić information content (AvgIpc) is 2.69. The summed E-state index contributed by atoms with van der Waals surface area (Å²) < 4.78 is 63.5. The molecular formula is C19H22F2N2O5S. The lowest BCUT2D eigenvalue weighted by atomic mass is 10.1. The first-order valence-electron chi connectivity index (χ1n) is 8.64.